The summed E-state index contributed by atoms with van der Waals surface area (Å²) in [4.78, 5) is 10.2. The molecule has 0 amide bonds. The molecule has 1 aromatic carbocycles. The Kier molecular flexibility index (Phi) is 3.60. The van der Waals surface area contributed by atoms with Crippen molar-refractivity contribution in [3.63, 3.8) is 0 Å². The topological polar surface area (TPSA) is 83.5 Å². The van der Waals surface area contributed by atoms with Crippen LogP contribution >= 0.6 is 0 Å². The van der Waals surface area contributed by atoms with Crippen molar-refractivity contribution in [2.45, 2.75) is 30.7 Å². The van der Waals surface area contributed by atoms with Gasteiger partial charge >= 0.3 is 5.97 Å². The van der Waals surface area contributed by atoms with Crippen LogP contribution in [0.2, 0.25) is 0 Å². The molecule has 1 aliphatic carbocycles. The molecule has 1 unspecified atom stereocenters. The fraction of sp³-hybridized carbons (Fsp3) is 0.417. The molecule has 19 heavy (non-hydrogen) atoms. The van der Waals surface area contributed by atoms with E-state index in [1.54, 1.807) is 6.92 Å². The molecule has 0 heterocycles. The van der Waals surface area contributed by atoms with Gasteiger partial charge in [0.1, 0.15) is 10.7 Å². The number of hydrogen-bond donors (Lipinski definition) is 2. The number of rotatable bonds is 5. The van der Waals surface area contributed by atoms with Crippen molar-refractivity contribution in [1.82, 2.24) is 4.72 Å². The molecule has 0 aromatic heterocycles. The Labute approximate surface area is 110 Å². The quantitative estimate of drug-likeness (QED) is 0.861. The lowest BCUT2D eigenvalue weighted by atomic mass is 10.2. The average Bonchev–Trinajstić information content (AvgIpc) is 3.11. The zero-order valence-electron chi connectivity index (χ0n) is 10.3. The Bertz CT molecular complexity index is 610. The lowest BCUT2D eigenvalue weighted by Gasteiger charge is -2.14. The molecule has 5 nitrogen and oxygen atoms in total. The van der Waals surface area contributed by atoms with Crippen LogP contribution < -0.4 is 4.72 Å². The van der Waals surface area contributed by atoms with E-state index in [-0.39, 0.29) is 17.5 Å². The summed E-state index contributed by atoms with van der Waals surface area (Å²) in [6.45, 7) is 1.72. The molecule has 0 radical (unpaired) electrons. The summed E-state index contributed by atoms with van der Waals surface area (Å²) in [5.41, 5.74) is -0.263. The number of aromatic carboxylic acids is 1. The maximum absolute atomic E-state index is 13.6. The first-order chi connectivity index (χ1) is 8.81. The summed E-state index contributed by atoms with van der Waals surface area (Å²) >= 11 is 0. The van der Waals surface area contributed by atoms with Crippen LogP contribution in [0.3, 0.4) is 0 Å². The molecule has 0 aliphatic heterocycles. The van der Waals surface area contributed by atoms with E-state index in [1.807, 2.05) is 0 Å². The summed E-state index contributed by atoms with van der Waals surface area (Å²) in [7, 11) is -4.04. The first kappa shape index (κ1) is 14.0. The van der Waals surface area contributed by atoms with E-state index in [4.69, 9.17) is 5.11 Å². The van der Waals surface area contributed by atoms with E-state index >= 15 is 0 Å². The minimum atomic E-state index is -4.04. The summed E-state index contributed by atoms with van der Waals surface area (Å²) in [5, 5.41) is 8.81. The van der Waals surface area contributed by atoms with E-state index in [9.17, 15) is 17.6 Å². The third-order valence-electron chi connectivity index (χ3n) is 3.14. The minimum absolute atomic E-state index is 0.263. The maximum Gasteiger partial charge on any atom is 0.335 e. The van der Waals surface area contributed by atoms with Crippen molar-refractivity contribution in [2.24, 2.45) is 5.92 Å². The Balaban J connectivity index is 2.33. The largest absolute Gasteiger partial charge is 0.478 e. The smallest absolute Gasteiger partial charge is 0.335 e. The Hall–Kier alpha value is -1.47. The number of halogens is 1. The molecule has 7 heteroatoms. The summed E-state index contributed by atoms with van der Waals surface area (Å²) in [5.74, 6) is -1.98. The molecular formula is C12H14FNO4S. The Morgan fingerprint density at radius 3 is 2.63 bits per heavy atom. The van der Waals surface area contributed by atoms with Gasteiger partial charge in [0.25, 0.3) is 0 Å². The fourth-order valence-electron chi connectivity index (χ4n) is 1.84. The highest BCUT2D eigenvalue weighted by atomic mass is 32.2. The first-order valence-corrected chi connectivity index (χ1v) is 7.35. The molecule has 0 bridgehead atoms. The van der Waals surface area contributed by atoms with Crippen LogP contribution in [0.1, 0.15) is 30.1 Å². The van der Waals surface area contributed by atoms with Gasteiger partial charge in [0.15, 0.2) is 0 Å². The molecule has 2 rings (SSSR count). The van der Waals surface area contributed by atoms with E-state index in [2.05, 4.69) is 4.72 Å². The van der Waals surface area contributed by atoms with E-state index in [1.165, 1.54) is 0 Å². The van der Waals surface area contributed by atoms with Crippen LogP contribution in [0.15, 0.2) is 23.1 Å². The SMILES string of the molecule is CC(NS(=O)(=O)c1cc(C(=O)O)ccc1F)C1CC1. The fourth-order valence-corrected chi connectivity index (χ4v) is 3.26. The summed E-state index contributed by atoms with van der Waals surface area (Å²) in [6, 6.07) is 2.43. The molecule has 104 valence electrons. The number of carboxylic acid groups (broad SMARTS) is 1. The molecule has 1 fully saturated rings. The molecule has 1 atom stereocenters. The third kappa shape index (κ3) is 3.10. The molecule has 1 aliphatic rings. The highest BCUT2D eigenvalue weighted by Gasteiger charge is 2.32. The molecule has 1 aromatic rings. The first-order valence-electron chi connectivity index (χ1n) is 5.86. The Morgan fingerprint density at radius 2 is 2.11 bits per heavy atom. The van der Waals surface area contributed by atoms with Gasteiger partial charge < -0.3 is 5.11 Å². The average molecular weight is 287 g/mol. The number of sulfonamides is 1. The van der Waals surface area contributed by atoms with Crippen LogP contribution in [0.5, 0.6) is 0 Å². The van der Waals surface area contributed by atoms with Gasteiger partial charge in [-0.1, -0.05) is 0 Å². The van der Waals surface area contributed by atoms with Gasteiger partial charge in [0, 0.05) is 6.04 Å². The van der Waals surface area contributed by atoms with Gasteiger partial charge in [0.05, 0.1) is 5.56 Å². The number of nitrogens with one attached hydrogen (secondary N) is 1. The predicted octanol–water partition coefficient (Wildman–Crippen LogP) is 1.60. The lowest BCUT2D eigenvalue weighted by Crippen LogP contribution is -2.34. The number of hydrogen-bond acceptors (Lipinski definition) is 3. The van der Waals surface area contributed by atoms with Crippen LogP contribution in [0.25, 0.3) is 0 Å². The zero-order chi connectivity index (χ0) is 14.2. The second-order valence-corrected chi connectivity index (χ2v) is 6.38. The minimum Gasteiger partial charge on any atom is -0.478 e. The van der Waals surface area contributed by atoms with Crippen molar-refractivity contribution in [3.05, 3.63) is 29.6 Å². The molecule has 0 spiro atoms. The summed E-state index contributed by atoms with van der Waals surface area (Å²) in [6.07, 6.45) is 1.89. The number of carbonyl (C=O) groups is 1. The second kappa shape index (κ2) is 4.90. The Morgan fingerprint density at radius 1 is 1.47 bits per heavy atom. The lowest BCUT2D eigenvalue weighted by molar-refractivity contribution is 0.0696. The van der Waals surface area contributed by atoms with Gasteiger partial charge in [0.2, 0.25) is 10.0 Å². The van der Waals surface area contributed by atoms with Gasteiger partial charge in [-0.05, 0) is 43.9 Å². The van der Waals surface area contributed by atoms with E-state index < -0.39 is 26.7 Å². The van der Waals surface area contributed by atoms with Crippen molar-refractivity contribution in [2.75, 3.05) is 0 Å². The van der Waals surface area contributed by atoms with Gasteiger partial charge in [-0.25, -0.2) is 22.3 Å². The highest BCUT2D eigenvalue weighted by Crippen LogP contribution is 2.33. The van der Waals surface area contributed by atoms with Gasteiger partial charge in [-0.3, -0.25) is 0 Å². The normalized spacial score (nSPS) is 17.2. The zero-order valence-corrected chi connectivity index (χ0v) is 11.1. The van der Waals surface area contributed by atoms with Gasteiger partial charge in [-0.15, -0.1) is 0 Å². The highest BCUT2D eigenvalue weighted by molar-refractivity contribution is 7.89. The van der Waals surface area contributed by atoms with Crippen LogP contribution in [0.4, 0.5) is 4.39 Å². The molecule has 1 saturated carbocycles. The van der Waals surface area contributed by atoms with Crippen LogP contribution in [0, 0.1) is 11.7 Å². The van der Waals surface area contributed by atoms with E-state index in [0.29, 0.717) is 0 Å². The summed E-state index contributed by atoms with van der Waals surface area (Å²) < 4.78 is 40.0. The van der Waals surface area contributed by atoms with Crippen molar-refractivity contribution in [1.29, 1.82) is 0 Å². The number of benzene rings is 1. The third-order valence-corrected chi connectivity index (χ3v) is 4.71. The van der Waals surface area contributed by atoms with Crippen LogP contribution in [-0.2, 0) is 10.0 Å². The molecule has 2 N–H and O–H groups in total. The number of carboxylic acids is 1. The van der Waals surface area contributed by atoms with Crippen molar-refractivity contribution >= 4 is 16.0 Å². The second-order valence-electron chi connectivity index (χ2n) is 4.70. The maximum atomic E-state index is 13.6. The van der Waals surface area contributed by atoms with E-state index in [0.717, 1.165) is 31.0 Å². The van der Waals surface area contributed by atoms with Crippen LogP contribution in [-0.4, -0.2) is 25.5 Å². The van der Waals surface area contributed by atoms with Crippen molar-refractivity contribution < 1.29 is 22.7 Å². The van der Waals surface area contributed by atoms with Gasteiger partial charge in [-0.2, -0.15) is 0 Å². The predicted molar refractivity (Wildman–Crippen MR) is 65.9 cm³/mol. The van der Waals surface area contributed by atoms with Crippen molar-refractivity contribution in [3.8, 4) is 0 Å². The standard InChI is InChI=1S/C12H14FNO4S/c1-7(8-2-3-8)14-19(17,18)11-6-9(12(15)16)4-5-10(11)13/h4-8,14H,2-3H2,1H3,(H,15,16). The monoisotopic (exact) mass is 287 g/mol. The molecular weight excluding hydrogens is 273 g/mol. The molecule has 0 saturated heterocycles.